The fraction of sp³-hybridized carbons (Fsp3) is 0.500. The average Bonchev–Trinajstić information content (AvgIpc) is 2.44. The van der Waals surface area contributed by atoms with Crippen LogP contribution in [0, 0.1) is 0 Å². The van der Waals surface area contributed by atoms with Crippen molar-refractivity contribution in [2.75, 3.05) is 13.2 Å². The molecule has 0 saturated carbocycles. The molecule has 0 radical (unpaired) electrons. The Morgan fingerprint density at radius 2 is 1.50 bits per heavy atom. The third-order valence-electron chi connectivity index (χ3n) is 2.28. The summed E-state index contributed by atoms with van der Waals surface area (Å²) in [6, 6.07) is 0. The summed E-state index contributed by atoms with van der Waals surface area (Å²) < 4.78 is 94.7. The first-order chi connectivity index (χ1) is 10.9. The van der Waals surface area contributed by atoms with Gasteiger partial charge in [-0.3, -0.25) is 13.2 Å². The monoisotopic (exact) mass is 392 g/mol. The predicted octanol–water partition coefficient (Wildman–Crippen LogP) is 0.758. The zero-order chi connectivity index (χ0) is 18.8. The Morgan fingerprint density at radius 1 is 1.00 bits per heavy atom. The van der Waals surface area contributed by atoms with E-state index in [1.807, 2.05) is 0 Å². The van der Waals surface area contributed by atoms with Crippen LogP contribution in [0.1, 0.15) is 29.9 Å². The Kier molecular flexibility index (Phi) is 6.02. The standard InChI is InChI=1S/C10H11F3N2O7S2/c1-3-21-23(17,18)8-6(5-16)7(10(11,12)13)14-9(15-8)24(19,20)22-4-2/h5H,3-4H2,1-2H3. The SMILES string of the molecule is CCOS(=O)(=O)c1nc(C(F)(F)F)c(C=O)c(S(=O)(=O)OCC)n1. The number of halogens is 3. The van der Waals surface area contributed by atoms with Crippen molar-refractivity contribution in [2.24, 2.45) is 0 Å². The lowest BCUT2D eigenvalue weighted by molar-refractivity contribution is -0.142. The number of carbonyl (C=O) groups excluding carboxylic acids is 1. The Bertz CT molecular complexity index is 835. The van der Waals surface area contributed by atoms with Crippen LogP contribution in [0.3, 0.4) is 0 Å². The zero-order valence-corrected chi connectivity index (χ0v) is 13.8. The second-order valence-corrected chi connectivity index (χ2v) is 6.95. The predicted molar refractivity (Wildman–Crippen MR) is 70.0 cm³/mol. The number of aromatic nitrogens is 2. The molecule has 1 heterocycles. The van der Waals surface area contributed by atoms with Crippen molar-refractivity contribution in [1.29, 1.82) is 0 Å². The highest BCUT2D eigenvalue weighted by atomic mass is 32.2. The molecule has 14 heteroatoms. The van der Waals surface area contributed by atoms with Crippen LogP contribution in [-0.4, -0.2) is 46.3 Å². The van der Waals surface area contributed by atoms with Crippen LogP contribution in [0.5, 0.6) is 0 Å². The fourth-order valence-electron chi connectivity index (χ4n) is 1.47. The van der Waals surface area contributed by atoms with Crippen molar-refractivity contribution in [3.8, 4) is 0 Å². The third-order valence-corrected chi connectivity index (χ3v) is 4.79. The van der Waals surface area contributed by atoms with E-state index in [-0.39, 0.29) is 0 Å². The molecular formula is C10H11F3N2O7S2. The highest BCUT2D eigenvalue weighted by Gasteiger charge is 2.41. The molecule has 1 aromatic rings. The first kappa shape index (κ1) is 20.4. The number of rotatable bonds is 7. The molecule has 0 aliphatic heterocycles. The van der Waals surface area contributed by atoms with Crippen LogP contribution in [0.2, 0.25) is 0 Å². The zero-order valence-electron chi connectivity index (χ0n) is 12.2. The lowest BCUT2D eigenvalue weighted by Gasteiger charge is -2.13. The van der Waals surface area contributed by atoms with Crippen molar-refractivity contribution in [3.63, 3.8) is 0 Å². The highest BCUT2D eigenvalue weighted by Crippen LogP contribution is 2.33. The van der Waals surface area contributed by atoms with E-state index in [0.717, 1.165) is 0 Å². The van der Waals surface area contributed by atoms with E-state index in [2.05, 4.69) is 18.3 Å². The molecule has 136 valence electrons. The molecule has 9 nitrogen and oxygen atoms in total. The van der Waals surface area contributed by atoms with Crippen LogP contribution in [-0.2, 0) is 34.8 Å². The van der Waals surface area contributed by atoms with Gasteiger partial charge in [-0.2, -0.15) is 30.0 Å². The number of aldehydes is 1. The summed E-state index contributed by atoms with van der Waals surface area (Å²) in [5.74, 6) is 0. The maximum absolute atomic E-state index is 13.0. The molecule has 0 fully saturated rings. The summed E-state index contributed by atoms with van der Waals surface area (Å²) >= 11 is 0. The minimum atomic E-state index is -5.33. The Morgan fingerprint density at radius 3 is 1.92 bits per heavy atom. The van der Waals surface area contributed by atoms with E-state index in [1.165, 1.54) is 13.8 Å². The quantitative estimate of drug-likeness (QED) is 0.286. The molecule has 0 aliphatic carbocycles. The number of hydrogen-bond donors (Lipinski definition) is 0. The van der Waals surface area contributed by atoms with Crippen molar-refractivity contribution in [3.05, 3.63) is 11.3 Å². The normalized spacial score (nSPS) is 13.0. The van der Waals surface area contributed by atoms with E-state index in [9.17, 15) is 34.8 Å². The van der Waals surface area contributed by atoms with Crippen molar-refractivity contribution in [1.82, 2.24) is 9.97 Å². The number of alkyl halides is 3. The molecule has 0 saturated heterocycles. The van der Waals surface area contributed by atoms with Gasteiger partial charge in [0.15, 0.2) is 17.0 Å². The Balaban J connectivity index is 3.91. The van der Waals surface area contributed by atoms with Gasteiger partial charge in [0.1, 0.15) is 0 Å². The smallest absolute Gasteiger partial charge is 0.298 e. The molecule has 0 amide bonds. The van der Waals surface area contributed by atoms with Gasteiger partial charge in [-0.1, -0.05) is 0 Å². The Hall–Kier alpha value is -1.64. The molecule has 0 aromatic carbocycles. The van der Waals surface area contributed by atoms with Gasteiger partial charge >= 0.3 is 26.4 Å². The molecule has 1 rings (SSSR count). The van der Waals surface area contributed by atoms with Crippen LogP contribution in [0.4, 0.5) is 13.2 Å². The molecule has 0 unspecified atom stereocenters. The molecule has 24 heavy (non-hydrogen) atoms. The van der Waals surface area contributed by atoms with E-state index in [4.69, 9.17) is 0 Å². The average molecular weight is 392 g/mol. The van der Waals surface area contributed by atoms with Crippen molar-refractivity contribution in [2.45, 2.75) is 30.2 Å². The molecule has 0 N–H and O–H groups in total. The molecule has 0 atom stereocenters. The van der Waals surface area contributed by atoms with Crippen molar-refractivity contribution < 1.29 is 43.2 Å². The van der Waals surface area contributed by atoms with E-state index < -0.39 is 67.4 Å². The van der Waals surface area contributed by atoms with Gasteiger partial charge in [0, 0.05) is 0 Å². The maximum Gasteiger partial charge on any atom is 0.434 e. The molecule has 1 aromatic heterocycles. The largest absolute Gasteiger partial charge is 0.434 e. The summed E-state index contributed by atoms with van der Waals surface area (Å²) in [7, 11) is -9.81. The van der Waals surface area contributed by atoms with Gasteiger partial charge in [-0.25, -0.2) is 9.97 Å². The van der Waals surface area contributed by atoms with Gasteiger partial charge in [0.2, 0.25) is 0 Å². The van der Waals surface area contributed by atoms with Crippen LogP contribution < -0.4 is 0 Å². The number of hydrogen-bond acceptors (Lipinski definition) is 9. The highest BCUT2D eigenvalue weighted by molar-refractivity contribution is 7.87. The molecule has 0 spiro atoms. The van der Waals surface area contributed by atoms with Gasteiger partial charge < -0.3 is 0 Å². The molecular weight excluding hydrogens is 381 g/mol. The van der Waals surface area contributed by atoms with Gasteiger partial charge in [-0.15, -0.1) is 0 Å². The minimum Gasteiger partial charge on any atom is -0.298 e. The second kappa shape index (κ2) is 7.08. The summed E-state index contributed by atoms with van der Waals surface area (Å²) in [5.41, 5.74) is -3.50. The summed E-state index contributed by atoms with van der Waals surface area (Å²) in [5, 5.41) is -3.07. The van der Waals surface area contributed by atoms with Gasteiger partial charge in [0.05, 0.1) is 18.8 Å². The van der Waals surface area contributed by atoms with E-state index in [1.54, 1.807) is 0 Å². The maximum atomic E-state index is 13.0. The molecule has 0 bridgehead atoms. The topological polar surface area (TPSA) is 130 Å². The summed E-state index contributed by atoms with van der Waals surface area (Å²) in [6.45, 7) is 1.48. The fourth-order valence-corrected chi connectivity index (χ4v) is 3.39. The Labute approximate surface area is 135 Å². The minimum absolute atomic E-state index is 0.453. The summed E-state index contributed by atoms with van der Waals surface area (Å²) in [4.78, 5) is 16.7. The van der Waals surface area contributed by atoms with Crippen LogP contribution >= 0.6 is 0 Å². The second-order valence-electron chi connectivity index (χ2n) is 3.91. The van der Waals surface area contributed by atoms with Crippen molar-refractivity contribution >= 4 is 26.5 Å². The van der Waals surface area contributed by atoms with Gasteiger partial charge in [0.25, 0.3) is 5.16 Å². The van der Waals surface area contributed by atoms with E-state index in [0.29, 0.717) is 0 Å². The lowest BCUT2D eigenvalue weighted by Crippen LogP contribution is -2.23. The molecule has 0 aliphatic rings. The number of nitrogens with zero attached hydrogens (tertiary/aromatic N) is 2. The van der Waals surface area contributed by atoms with Crippen LogP contribution in [0.15, 0.2) is 10.2 Å². The lowest BCUT2D eigenvalue weighted by atomic mass is 10.2. The van der Waals surface area contributed by atoms with Gasteiger partial charge in [-0.05, 0) is 13.8 Å². The van der Waals surface area contributed by atoms with E-state index >= 15 is 0 Å². The third kappa shape index (κ3) is 4.25. The number of carbonyl (C=O) groups is 1. The first-order valence-electron chi connectivity index (χ1n) is 6.14. The summed E-state index contributed by atoms with van der Waals surface area (Å²) in [6.07, 6.45) is -5.78. The van der Waals surface area contributed by atoms with Crippen LogP contribution in [0.25, 0.3) is 0 Å². The first-order valence-corrected chi connectivity index (χ1v) is 8.95.